The Labute approximate surface area is 127 Å². The molecule has 21 heavy (non-hydrogen) atoms. The predicted octanol–water partition coefficient (Wildman–Crippen LogP) is 2.69. The second-order valence-corrected chi connectivity index (χ2v) is 5.57. The van der Waals surface area contributed by atoms with Crippen molar-refractivity contribution in [2.45, 2.75) is 26.2 Å². The summed E-state index contributed by atoms with van der Waals surface area (Å²) in [4.78, 5) is 13.4. The fraction of sp³-hybridized carbons (Fsp3) is 0.588. The summed E-state index contributed by atoms with van der Waals surface area (Å²) in [7, 11) is 0. The number of amides is 1. The lowest BCUT2D eigenvalue weighted by Crippen LogP contribution is -2.41. The smallest absolute Gasteiger partial charge is 0.409 e. The van der Waals surface area contributed by atoms with Crippen LogP contribution in [0.25, 0.3) is 0 Å². The molecule has 1 aromatic rings. The monoisotopic (exact) mass is 290 g/mol. The number of carbonyl (C=O) groups is 1. The van der Waals surface area contributed by atoms with Crippen LogP contribution in [0, 0.1) is 5.92 Å². The summed E-state index contributed by atoms with van der Waals surface area (Å²) in [6.07, 6.45) is 3.05. The van der Waals surface area contributed by atoms with Gasteiger partial charge in [-0.15, -0.1) is 0 Å². The maximum absolute atomic E-state index is 11.6. The molecule has 0 bridgehead atoms. The number of hydrogen-bond donors (Lipinski definition) is 1. The van der Waals surface area contributed by atoms with Gasteiger partial charge in [-0.3, -0.25) is 0 Å². The van der Waals surface area contributed by atoms with Crippen molar-refractivity contribution in [1.29, 1.82) is 0 Å². The largest absolute Gasteiger partial charge is 0.450 e. The van der Waals surface area contributed by atoms with Gasteiger partial charge in [-0.25, -0.2) is 4.79 Å². The highest BCUT2D eigenvalue weighted by atomic mass is 16.6. The molecule has 0 atom stereocenters. The number of piperidine rings is 1. The first-order valence-electron chi connectivity index (χ1n) is 7.96. The average Bonchev–Trinajstić information content (AvgIpc) is 2.53. The lowest BCUT2D eigenvalue weighted by Gasteiger charge is -2.31. The Morgan fingerprint density at radius 1 is 1.29 bits per heavy atom. The molecule has 0 aliphatic carbocycles. The Morgan fingerprint density at radius 3 is 2.67 bits per heavy atom. The Balaban J connectivity index is 1.58. The van der Waals surface area contributed by atoms with E-state index in [1.54, 1.807) is 0 Å². The van der Waals surface area contributed by atoms with Crippen molar-refractivity contribution in [1.82, 2.24) is 10.2 Å². The molecular weight excluding hydrogens is 264 g/mol. The molecule has 1 aliphatic heterocycles. The Hall–Kier alpha value is -1.55. The highest BCUT2D eigenvalue weighted by Gasteiger charge is 2.22. The summed E-state index contributed by atoms with van der Waals surface area (Å²) >= 11 is 0. The standard InChI is InChI=1S/C17H26N2O2/c1-2-21-17(20)19-12-9-16(10-13-19)14-18-11-8-15-6-4-3-5-7-15/h3-7,16,18H,2,8-14H2,1H3. The summed E-state index contributed by atoms with van der Waals surface area (Å²) in [6, 6.07) is 10.5. The van der Waals surface area contributed by atoms with Gasteiger partial charge in [-0.1, -0.05) is 30.3 Å². The van der Waals surface area contributed by atoms with Gasteiger partial charge < -0.3 is 15.0 Å². The fourth-order valence-corrected chi connectivity index (χ4v) is 2.72. The van der Waals surface area contributed by atoms with Gasteiger partial charge in [0.1, 0.15) is 0 Å². The van der Waals surface area contributed by atoms with E-state index in [2.05, 4.69) is 29.6 Å². The number of likely N-dealkylation sites (tertiary alicyclic amines) is 1. The molecule has 0 spiro atoms. The van der Waals surface area contributed by atoms with Gasteiger partial charge in [0.2, 0.25) is 0 Å². The minimum absolute atomic E-state index is 0.159. The molecule has 0 radical (unpaired) electrons. The van der Waals surface area contributed by atoms with Gasteiger partial charge in [0, 0.05) is 13.1 Å². The number of rotatable bonds is 6. The summed E-state index contributed by atoms with van der Waals surface area (Å²) < 4.78 is 5.04. The molecule has 0 unspecified atom stereocenters. The zero-order valence-corrected chi connectivity index (χ0v) is 12.9. The summed E-state index contributed by atoms with van der Waals surface area (Å²) in [6.45, 7) is 6.01. The van der Waals surface area contributed by atoms with Gasteiger partial charge in [0.25, 0.3) is 0 Å². The van der Waals surface area contributed by atoms with Crippen molar-refractivity contribution < 1.29 is 9.53 Å². The molecule has 116 valence electrons. The summed E-state index contributed by atoms with van der Waals surface area (Å²) in [5, 5.41) is 3.54. The quantitative estimate of drug-likeness (QED) is 0.819. The number of nitrogens with one attached hydrogen (secondary N) is 1. The topological polar surface area (TPSA) is 41.6 Å². The van der Waals surface area contributed by atoms with E-state index in [-0.39, 0.29) is 6.09 Å². The second-order valence-electron chi connectivity index (χ2n) is 5.57. The van der Waals surface area contributed by atoms with Crippen molar-refractivity contribution in [2.24, 2.45) is 5.92 Å². The van der Waals surface area contributed by atoms with Gasteiger partial charge >= 0.3 is 6.09 Å². The van der Waals surface area contributed by atoms with Crippen LogP contribution in [-0.2, 0) is 11.2 Å². The van der Waals surface area contributed by atoms with Crippen LogP contribution in [0.1, 0.15) is 25.3 Å². The normalized spacial score (nSPS) is 16.0. The zero-order chi connectivity index (χ0) is 14.9. The molecule has 1 fully saturated rings. The SMILES string of the molecule is CCOC(=O)N1CCC(CNCCc2ccccc2)CC1. The predicted molar refractivity (Wildman–Crippen MR) is 84.3 cm³/mol. The van der Waals surface area contributed by atoms with Crippen LogP contribution < -0.4 is 5.32 Å². The highest BCUT2D eigenvalue weighted by molar-refractivity contribution is 5.67. The summed E-state index contributed by atoms with van der Waals surface area (Å²) in [5.74, 6) is 0.673. The van der Waals surface area contributed by atoms with E-state index in [1.807, 2.05) is 17.9 Å². The zero-order valence-electron chi connectivity index (χ0n) is 12.9. The van der Waals surface area contributed by atoms with Crippen LogP contribution in [0.2, 0.25) is 0 Å². The molecule has 1 aromatic carbocycles. The number of ether oxygens (including phenoxy) is 1. The van der Waals surface area contributed by atoms with E-state index in [0.29, 0.717) is 12.5 Å². The van der Waals surface area contributed by atoms with E-state index >= 15 is 0 Å². The Kier molecular flexibility index (Phi) is 6.54. The van der Waals surface area contributed by atoms with E-state index < -0.39 is 0 Å². The number of hydrogen-bond acceptors (Lipinski definition) is 3. The molecule has 1 aliphatic rings. The second kappa shape index (κ2) is 8.67. The first kappa shape index (κ1) is 15.8. The lowest BCUT2D eigenvalue weighted by molar-refractivity contribution is 0.0917. The fourth-order valence-electron chi connectivity index (χ4n) is 2.72. The number of benzene rings is 1. The average molecular weight is 290 g/mol. The summed E-state index contributed by atoms with van der Waals surface area (Å²) in [5.41, 5.74) is 1.38. The maximum Gasteiger partial charge on any atom is 0.409 e. The maximum atomic E-state index is 11.6. The Bertz CT molecular complexity index is 414. The van der Waals surface area contributed by atoms with Crippen molar-refractivity contribution in [3.8, 4) is 0 Å². The van der Waals surface area contributed by atoms with Crippen LogP contribution in [0.4, 0.5) is 4.79 Å². The van der Waals surface area contributed by atoms with E-state index in [0.717, 1.165) is 45.4 Å². The number of nitrogens with zero attached hydrogens (tertiary/aromatic N) is 1. The first-order valence-corrected chi connectivity index (χ1v) is 7.96. The van der Waals surface area contributed by atoms with Gasteiger partial charge in [-0.2, -0.15) is 0 Å². The van der Waals surface area contributed by atoms with Crippen LogP contribution >= 0.6 is 0 Å². The molecule has 1 saturated heterocycles. The van der Waals surface area contributed by atoms with Gasteiger partial charge in [0.15, 0.2) is 0 Å². The van der Waals surface area contributed by atoms with Crippen molar-refractivity contribution >= 4 is 6.09 Å². The third-order valence-corrected chi connectivity index (χ3v) is 4.01. The van der Waals surface area contributed by atoms with Crippen molar-refractivity contribution in [2.75, 3.05) is 32.8 Å². The van der Waals surface area contributed by atoms with Crippen molar-refractivity contribution in [3.63, 3.8) is 0 Å². The minimum atomic E-state index is -0.159. The van der Waals surface area contributed by atoms with Gasteiger partial charge in [0.05, 0.1) is 6.61 Å². The van der Waals surface area contributed by atoms with Crippen LogP contribution in [0.15, 0.2) is 30.3 Å². The molecule has 4 nitrogen and oxygen atoms in total. The van der Waals surface area contributed by atoms with Crippen LogP contribution in [0.3, 0.4) is 0 Å². The van der Waals surface area contributed by atoms with E-state index in [9.17, 15) is 4.79 Å². The molecular formula is C17H26N2O2. The molecule has 1 heterocycles. The number of carbonyl (C=O) groups excluding carboxylic acids is 1. The van der Waals surface area contributed by atoms with Gasteiger partial charge in [-0.05, 0) is 50.8 Å². The molecule has 0 aromatic heterocycles. The van der Waals surface area contributed by atoms with Crippen LogP contribution in [-0.4, -0.2) is 43.8 Å². The molecule has 1 N–H and O–H groups in total. The van der Waals surface area contributed by atoms with E-state index in [1.165, 1.54) is 5.56 Å². The third kappa shape index (κ3) is 5.38. The minimum Gasteiger partial charge on any atom is -0.450 e. The molecule has 1 amide bonds. The first-order chi connectivity index (χ1) is 10.3. The van der Waals surface area contributed by atoms with E-state index in [4.69, 9.17) is 4.74 Å². The van der Waals surface area contributed by atoms with Crippen LogP contribution in [0.5, 0.6) is 0 Å². The van der Waals surface area contributed by atoms with Crippen molar-refractivity contribution in [3.05, 3.63) is 35.9 Å². The molecule has 0 saturated carbocycles. The molecule has 4 heteroatoms. The molecule has 2 rings (SSSR count). The third-order valence-electron chi connectivity index (χ3n) is 4.01. The highest BCUT2D eigenvalue weighted by Crippen LogP contribution is 2.17. The lowest BCUT2D eigenvalue weighted by atomic mass is 9.97. The Morgan fingerprint density at radius 2 is 2.00 bits per heavy atom.